The molecule has 1 amide bonds. The molecule has 29 heavy (non-hydrogen) atoms. The van der Waals surface area contributed by atoms with Crippen LogP contribution in [-0.2, 0) is 14.8 Å². The van der Waals surface area contributed by atoms with E-state index in [0.717, 1.165) is 6.07 Å². The molecule has 2 aliphatic rings. The number of carbonyl (C=O) groups excluding carboxylic acids is 1. The zero-order chi connectivity index (χ0) is 20.6. The van der Waals surface area contributed by atoms with Gasteiger partial charge in [-0.2, -0.15) is 4.31 Å². The summed E-state index contributed by atoms with van der Waals surface area (Å²) in [6.07, 6.45) is 5.05. The first-order chi connectivity index (χ1) is 13.8. The smallest absolute Gasteiger partial charge is 0.274 e. The lowest BCUT2D eigenvalue weighted by Gasteiger charge is -2.42. The largest absolute Gasteiger partial charge is 0.358 e. The Bertz CT molecular complexity index is 1020. The zero-order valence-electron chi connectivity index (χ0n) is 15.9. The fourth-order valence-corrected chi connectivity index (χ4v) is 5.67. The molecule has 10 heteroatoms. The number of hydrogen-bond donors (Lipinski definition) is 0. The molecule has 1 aromatic carbocycles. The summed E-state index contributed by atoms with van der Waals surface area (Å²) < 4.78 is 47.3. The Morgan fingerprint density at radius 3 is 2.62 bits per heavy atom. The van der Waals surface area contributed by atoms with Crippen LogP contribution in [0, 0.1) is 12.7 Å². The van der Waals surface area contributed by atoms with Gasteiger partial charge in [0.15, 0.2) is 0 Å². The van der Waals surface area contributed by atoms with E-state index in [0.29, 0.717) is 25.9 Å². The van der Waals surface area contributed by atoms with Crippen molar-refractivity contribution in [3.05, 3.63) is 53.9 Å². The Hall–Kier alpha value is -2.43. The summed E-state index contributed by atoms with van der Waals surface area (Å²) in [5.41, 5.74) is -0.480. The molecule has 0 radical (unpaired) electrons. The molecule has 0 N–H and O–H groups in total. The highest BCUT2D eigenvalue weighted by Gasteiger charge is 2.51. The summed E-state index contributed by atoms with van der Waals surface area (Å²) >= 11 is 0. The summed E-state index contributed by atoms with van der Waals surface area (Å²) in [6, 6.07) is 3.77. The molecule has 2 aliphatic heterocycles. The number of aryl methyl sites for hydroxylation is 1. The monoisotopic (exact) mass is 420 g/mol. The van der Waals surface area contributed by atoms with Crippen LogP contribution >= 0.6 is 0 Å². The number of halogens is 1. The Labute approximate surface area is 168 Å². The zero-order valence-corrected chi connectivity index (χ0v) is 16.7. The molecule has 0 bridgehead atoms. The predicted molar refractivity (Wildman–Crippen MR) is 101 cm³/mol. The molecule has 0 saturated carbocycles. The van der Waals surface area contributed by atoms with E-state index in [1.54, 1.807) is 4.90 Å². The molecule has 1 spiro atoms. The molecule has 0 aliphatic carbocycles. The van der Waals surface area contributed by atoms with Gasteiger partial charge in [0, 0.05) is 44.9 Å². The van der Waals surface area contributed by atoms with Crippen molar-refractivity contribution in [3.63, 3.8) is 0 Å². The van der Waals surface area contributed by atoms with Gasteiger partial charge in [0.2, 0.25) is 10.0 Å². The number of nitrogens with zero attached hydrogens (tertiary/aromatic N) is 4. The number of likely N-dealkylation sites (tertiary alicyclic amines) is 1. The first kappa shape index (κ1) is 19.9. The molecule has 8 nitrogen and oxygen atoms in total. The first-order valence-electron chi connectivity index (χ1n) is 9.32. The van der Waals surface area contributed by atoms with Crippen molar-refractivity contribution < 1.29 is 22.3 Å². The summed E-state index contributed by atoms with van der Waals surface area (Å²) in [5.74, 6) is -0.693. The fraction of sp³-hybridized carbons (Fsp3) is 0.421. The number of benzene rings is 1. The summed E-state index contributed by atoms with van der Waals surface area (Å²) in [7, 11) is -3.86. The summed E-state index contributed by atoms with van der Waals surface area (Å²) in [4.78, 5) is 22.2. The van der Waals surface area contributed by atoms with Crippen LogP contribution in [0.4, 0.5) is 4.39 Å². The lowest BCUT2D eigenvalue weighted by Crippen LogP contribution is -2.55. The van der Waals surface area contributed by atoms with Gasteiger partial charge in [0.1, 0.15) is 17.2 Å². The SMILES string of the molecule is Cc1cc(S(=O)(=O)N2CCOC23CCN(C(=O)c2cnccn2)CC3)ccc1F. The third-order valence-electron chi connectivity index (χ3n) is 5.45. The second kappa shape index (κ2) is 7.43. The minimum atomic E-state index is -3.86. The van der Waals surface area contributed by atoms with Crippen LogP contribution in [0.3, 0.4) is 0 Å². The number of sulfonamides is 1. The van der Waals surface area contributed by atoms with Gasteiger partial charge in [0.05, 0.1) is 17.7 Å². The molecule has 1 aromatic heterocycles. The number of rotatable bonds is 3. The molecule has 0 unspecified atom stereocenters. The van der Waals surface area contributed by atoms with Crippen molar-refractivity contribution in [3.8, 4) is 0 Å². The van der Waals surface area contributed by atoms with Gasteiger partial charge < -0.3 is 9.64 Å². The van der Waals surface area contributed by atoms with Crippen molar-refractivity contribution in [2.24, 2.45) is 0 Å². The van der Waals surface area contributed by atoms with Crippen molar-refractivity contribution in [1.29, 1.82) is 0 Å². The highest BCUT2D eigenvalue weighted by Crippen LogP contribution is 2.38. The number of aromatic nitrogens is 2. The molecule has 154 valence electrons. The third-order valence-corrected chi connectivity index (χ3v) is 7.40. The molecule has 2 saturated heterocycles. The number of carbonyl (C=O) groups is 1. The quantitative estimate of drug-likeness (QED) is 0.749. The van der Waals surface area contributed by atoms with Crippen LogP contribution in [0.15, 0.2) is 41.7 Å². The van der Waals surface area contributed by atoms with E-state index in [2.05, 4.69) is 9.97 Å². The second-order valence-electron chi connectivity index (χ2n) is 7.17. The summed E-state index contributed by atoms with van der Waals surface area (Å²) in [6.45, 7) is 2.70. The molecule has 0 atom stereocenters. The van der Waals surface area contributed by atoms with Crippen LogP contribution in [0.25, 0.3) is 0 Å². The molecule has 3 heterocycles. The maximum absolute atomic E-state index is 13.6. The average molecular weight is 420 g/mol. The Balaban J connectivity index is 1.54. The van der Waals surface area contributed by atoms with Crippen LogP contribution < -0.4 is 0 Å². The van der Waals surface area contributed by atoms with Gasteiger partial charge in [-0.1, -0.05) is 0 Å². The molecule has 4 rings (SSSR count). The van der Waals surface area contributed by atoms with Gasteiger partial charge in [-0.05, 0) is 30.7 Å². The van der Waals surface area contributed by atoms with Gasteiger partial charge in [0.25, 0.3) is 5.91 Å². The normalized spacial score (nSPS) is 19.6. The average Bonchev–Trinajstić information content (AvgIpc) is 3.14. The van der Waals surface area contributed by atoms with E-state index >= 15 is 0 Å². The maximum Gasteiger partial charge on any atom is 0.274 e. The van der Waals surface area contributed by atoms with E-state index in [1.807, 2.05) is 0 Å². The molecular formula is C19H21FN4O4S. The van der Waals surface area contributed by atoms with Crippen LogP contribution in [0.1, 0.15) is 28.9 Å². The lowest BCUT2D eigenvalue weighted by molar-refractivity contribution is -0.0857. The summed E-state index contributed by atoms with van der Waals surface area (Å²) in [5, 5.41) is 0. The first-order valence-corrected chi connectivity index (χ1v) is 10.8. The number of ether oxygens (including phenoxy) is 1. The van der Waals surface area contributed by atoms with Crippen molar-refractivity contribution >= 4 is 15.9 Å². The van der Waals surface area contributed by atoms with Crippen LogP contribution in [0.2, 0.25) is 0 Å². The lowest BCUT2D eigenvalue weighted by atomic mass is 10.0. The van der Waals surface area contributed by atoms with Crippen LogP contribution in [0.5, 0.6) is 0 Å². The second-order valence-corrected chi connectivity index (χ2v) is 9.03. The van der Waals surface area contributed by atoms with E-state index in [1.165, 1.54) is 42.0 Å². The maximum atomic E-state index is 13.6. The highest BCUT2D eigenvalue weighted by molar-refractivity contribution is 7.89. The van der Waals surface area contributed by atoms with E-state index in [4.69, 9.17) is 4.74 Å². The predicted octanol–water partition coefficient (Wildman–Crippen LogP) is 1.58. The Morgan fingerprint density at radius 1 is 1.21 bits per heavy atom. The highest BCUT2D eigenvalue weighted by atomic mass is 32.2. The van der Waals surface area contributed by atoms with Crippen molar-refractivity contribution in [2.75, 3.05) is 26.2 Å². The van der Waals surface area contributed by atoms with E-state index in [-0.39, 0.29) is 35.2 Å². The van der Waals surface area contributed by atoms with Crippen LogP contribution in [-0.4, -0.2) is 65.5 Å². The minimum absolute atomic E-state index is 0.0411. The molecule has 2 aromatic rings. The van der Waals surface area contributed by atoms with Gasteiger partial charge >= 0.3 is 0 Å². The molecular weight excluding hydrogens is 399 g/mol. The van der Waals surface area contributed by atoms with E-state index in [9.17, 15) is 17.6 Å². The minimum Gasteiger partial charge on any atom is -0.358 e. The molecule has 2 fully saturated rings. The van der Waals surface area contributed by atoms with Gasteiger partial charge in [-0.15, -0.1) is 0 Å². The standard InChI is InChI=1S/C19H21FN4O4S/c1-14-12-15(2-3-16(14)20)29(26,27)24-10-11-28-19(24)4-8-23(9-5-19)18(25)17-13-21-6-7-22-17/h2-3,6-7,12-13H,4-5,8-11H2,1H3. The number of piperidine rings is 1. The third kappa shape index (κ3) is 3.52. The fourth-order valence-electron chi connectivity index (χ4n) is 3.86. The van der Waals surface area contributed by atoms with E-state index < -0.39 is 21.6 Å². The topological polar surface area (TPSA) is 92.7 Å². The van der Waals surface area contributed by atoms with Crippen molar-refractivity contribution in [2.45, 2.75) is 30.4 Å². The van der Waals surface area contributed by atoms with Gasteiger partial charge in [-0.3, -0.25) is 9.78 Å². The Kier molecular flexibility index (Phi) is 5.09. The Morgan fingerprint density at radius 2 is 1.97 bits per heavy atom. The number of hydrogen-bond acceptors (Lipinski definition) is 6. The van der Waals surface area contributed by atoms with Gasteiger partial charge in [-0.25, -0.2) is 17.8 Å². The number of amides is 1. The van der Waals surface area contributed by atoms with Crippen molar-refractivity contribution in [1.82, 2.24) is 19.2 Å².